The number of nitrogens with zero attached hydrogens (tertiary/aromatic N) is 3. The van der Waals surface area contributed by atoms with E-state index in [4.69, 9.17) is 0 Å². The number of carbonyl (C=O) groups is 1. The standard InChI is InChI=1S/C14H22N4O3S3/c1-4-7-15-13-16-17-14(23-13)22-10(3)12(19)18(5-2)11-6-8-24(20,21)9-11/h4,10-11H,1,5-9H2,2-3H3,(H,15,16)/t10-,11-/m0/s1. The van der Waals surface area contributed by atoms with E-state index in [9.17, 15) is 13.2 Å². The molecule has 0 bridgehead atoms. The number of thioether (sulfide) groups is 1. The molecule has 0 aromatic carbocycles. The lowest BCUT2D eigenvalue weighted by atomic mass is 10.2. The largest absolute Gasteiger partial charge is 0.357 e. The van der Waals surface area contributed by atoms with Crippen molar-refractivity contribution in [3.05, 3.63) is 12.7 Å². The summed E-state index contributed by atoms with van der Waals surface area (Å²) in [7, 11) is -3.01. The van der Waals surface area contributed by atoms with Crippen LogP contribution in [0.5, 0.6) is 0 Å². The van der Waals surface area contributed by atoms with Crippen LogP contribution in [0.4, 0.5) is 5.13 Å². The second-order valence-electron chi connectivity index (χ2n) is 5.48. The molecule has 1 aromatic rings. The van der Waals surface area contributed by atoms with Gasteiger partial charge in [0.2, 0.25) is 11.0 Å². The van der Waals surface area contributed by atoms with E-state index >= 15 is 0 Å². The van der Waals surface area contributed by atoms with E-state index in [1.54, 1.807) is 11.0 Å². The third-order valence-corrected chi connectivity index (χ3v) is 7.51. The minimum Gasteiger partial charge on any atom is -0.357 e. The molecule has 7 nitrogen and oxygen atoms in total. The molecule has 0 saturated carbocycles. The molecule has 2 atom stereocenters. The van der Waals surface area contributed by atoms with Gasteiger partial charge in [-0.2, -0.15) is 0 Å². The normalized spacial score (nSPS) is 20.5. The molecule has 1 aliphatic heterocycles. The summed E-state index contributed by atoms with van der Waals surface area (Å²) >= 11 is 2.73. The van der Waals surface area contributed by atoms with Crippen LogP contribution in [-0.2, 0) is 14.6 Å². The molecule has 10 heteroatoms. The van der Waals surface area contributed by atoms with Gasteiger partial charge in [-0.15, -0.1) is 16.8 Å². The topological polar surface area (TPSA) is 92.3 Å². The number of anilines is 1. The third kappa shape index (κ3) is 4.93. The van der Waals surface area contributed by atoms with Crippen molar-refractivity contribution in [2.24, 2.45) is 0 Å². The number of amides is 1. The number of hydrogen-bond donors (Lipinski definition) is 1. The van der Waals surface area contributed by atoms with Crippen molar-refractivity contribution >= 4 is 44.0 Å². The minimum absolute atomic E-state index is 0.0552. The zero-order valence-corrected chi connectivity index (χ0v) is 16.2. The molecule has 1 aliphatic rings. The summed E-state index contributed by atoms with van der Waals surface area (Å²) < 4.78 is 24.0. The fourth-order valence-corrected chi connectivity index (χ4v) is 6.24. The Bertz CT molecular complexity index is 689. The van der Waals surface area contributed by atoms with Gasteiger partial charge in [-0.05, 0) is 20.3 Å². The lowest BCUT2D eigenvalue weighted by molar-refractivity contribution is -0.131. The van der Waals surface area contributed by atoms with Crippen molar-refractivity contribution in [1.82, 2.24) is 15.1 Å². The molecule has 2 heterocycles. The number of rotatable bonds is 8. The van der Waals surface area contributed by atoms with E-state index in [0.29, 0.717) is 29.0 Å². The molecule has 1 amide bonds. The Morgan fingerprint density at radius 2 is 2.33 bits per heavy atom. The molecular formula is C14H22N4O3S3. The van der Waals surface area contributed by atoms with Gasteiger partial charge in [0.1, 0.15) is 0 Å². The van der Waals surface area contributed by atoms with E-state index < -0.39 is 9.84 Å². The van der Waals surface area contributed by atoms with Crippen LogP contribution in [0.15, 0.2) is 17.0 Å². The first-order valence-corrected chi connectivity index (χ1v) is 11.2. The Morgan fingerprint density at radius 1 is 1.58 bits per heavy atom. The summed E-state index contributed by atoms with van der Waals surface area (Å²) in [6, 6.07) is -0.213. The number of hydrogen-bond acceptors (Lipinski definition) is 8. The number of carbonyl (C=O) groups excluding carboxylic acids is 1. The first-order valence-electron chi connectivity index (χ1n) is 7.72. The highest BCUT2D eigenvalue weighted by Crippen LogP contribution is 2.30. The molecule has 134 valence electrons. The predicted octanol–water partition coefficient (Wildman–Crippen LogP) is 1.65. The molecule has 0 unspecified atom stereocenters. The maximum Gasteiger partial charge on any atom is 0.236 e. The number of aromatic nitrogens is 2. The fraction of sp³-hybridized carbons (Fsp3) is 0.643. The monoisotopic (exact) mass is 390 g/mol. The van der Waals surface area contributed by atoms with Gasteiger partial charge in [0.25, 0.3) is 0 Å². The minimum atomic E-state index is -3.01. The van der Waals surface area contributed by atoms with Crippen LogP contribution in [-0.4, -0.2) is 65.3 Å². The highest BCUT2D eigenvalue weighted by molar-refractivity contribution is 8.02. The number of sulfone groups is 1. The summed E-state index contributed by atoms with van der Waals surface area (Å²) in [6.07, 6.45) is 2.25. The molecule has 0 aliphatic carbocycles. The number of nitrogens with one attached hydrogen (secondary N) is 1. The van der Waals surface area contributed by atoms with Crippen LogP contribution < -0.4 is 5.32 Å². The Hall–Kier alpha value is -1.13. The van der Waals surface area contributed by atoms with Gasteiger partial charge in [0, 0.05) is 19.1 Å². The highest BCUT2D eigenvalue weighted by atomic mass is 32.2. The molecule has 1 saturated heterocycles. The van der Waals surface area contributed by atoms with Crippen molar-refractivity contribution < 1.29 is 13.2 Å². The van der Waals surface area contributed by atoms with Crippen molar-refractivity contribution in [2.45, 2.75) is 35.9 Å². The summed E-state index contributed by atoms with van der Waals surface area (Å²) in [4.78, 5) is 14.4. The fourth-order valence-electron chi connectivity index (χ4n) is 2.54. The van der Waals surface area contributed by atoms with Gasteiger partial charge >= 0.3 is 0 Å². The summed E-state index contributed by atoms with van der Waals surface area (Å²) in [5.41, 5.74) is 0. The molecule has 1 aromatic heterocycles. The van der Waals surface area contributed by atoms with E-state index in [1.165, 1.54) is 23.1 Å². The van der Waals surface area contributed by atoms with Gasteiger partial charge < -0.3 is 10.2 Å². The zero-order chi connectivity index (χ0) is 17.7. The van der Waals surface area contributed by atoms with Crippen molar-refractivity contribution in [2.75, 3.05) is 29.9 Å². The first-order chi connectivity index (χ1) is 11.4. The van der Waals surface area contributed by atoms with E-state index in [1.807, 2.05) is 13.8 Å². The Morgan fingerprint density at radius 3 is 2.92 bits per heavy atom. The van der Waals surface area contributed by atoms with Gasteiger partial charge in [-0.1, -0.05) is 29.2 Å². The van der Waals surface area contributed by atoms with Crippen LogP contribution in [0.1, 0.15) is 20.3 Å². The second kappa shape index (κ2) is 8.30. The molecule has 0 spiro atoms. The first kappa shape index (κ1) is 19.2. The van der Waals surface area contributed by atoms with Crippen LogP contribution in [0.2, 0.25) is 0 Å². The van der Waals surface area contributed by atoms with Gasteiger partial charge in [-0.3, -0.25) is 4.79 Å². The summed E-state index contributed by atoms with van der Waals surface area (Å²) in [6.45, 7) is 8.43. The van der Waals surface area contributed by atoms with Gasteiger partial charge in [0.05, 0.1) is 16.8 Å². The van der Waals surface area contributed by atoms with Crippen molar-refractivity contribution in [3.63, 3.8) is 0 Å². The molecular weight excluding hydrogens is 368 g/mol. The molecule has 0 radical (unpaired) electrons. The maximum atomic E-state index is 12.7. The highest BCUT2D eigenvalue weighted by Gasteiger charge is 2.35. The zero-order valence-electron chi connectivity index (χ0n) is 13.8. The molecule has 1 fully saturated rings. The smallest absolute Gasteiger partial charge is 0.236 e. The van der Waals surface area contributed by atoms with Gasteiger partial charge in [0.15, 0.2) is 14.2 Å². The molecule has 24 heavy (non-hydrogen) atoms. The molecule has 1 N–H and O–H groups in total. The summed E-state index contributed by atoms with van der Waals surface area (Å²) in [5.74, 6) is 0.177. The third-order valence-electron chi connectivity index (χ3n) is 3.70. The molecule has 2 rings (SSSR count). The van der Waals surface area contributed by atoms with Crippen molar-refractivity contribution in [1.29, 1.82) is 0 Å². The predicted molar refractivity (Wildman–Crippen MR) is 98.4 cm³/mol. The second-order valence-corrected chi connectivity index (χ2v) is 10.3. The van der Waals surface area contributed by atoms with Crippen molar-refractivity contribution in [3.8, 4) is 0 Å². The Balaban J connectivity index is 1.97. The van der Waals surface area contributed by atoms with E-state index in [0.717, 1.165) is 0 Å². The van der Waals surface area contributed by atoms with E-state index in [2.05, 4.69) is 22.1 Å². The van der Waals surface area contributed by atoms with E-state index in [-0.39, 0.29) is 28.7 Å². The van der Waals surface area contributed by atoms with Gasteiger partial charge in [-0.25, -0.2) is 8.42 Å². The maximum absolute atomic E-state index is 12.7. The summed E-state index contributed by atoms with van der Waals surface area (Å²) in [5, 5.41) is 11.5. The van der Waals surface area contributed by atoms with Crippen LogP contribution in [0.25, 0.3) is 0 Å². The average molecular weight is 391 g/mol. The van der Waals surface area contributed by atoms with Crippen LogP contribution in [0.3, 0.4) is 0 Å². The SMILES string of the molecule is C=CCNc1nnc(S[C@@H](C)C(=O)N(CC)[C@H]2CCS(=O)(=O)C2)s1. The average Bonchev–Trinajstić information content (AvgIpc) is 3.12. The quantitative estimate of drug-likeness (QED) is 0.533. The lowest BCUT2D eigenvalue weighted by Gasteiger charge is -2.29. The van der Waals surface area contributed by atoms with Crippen LogP contribution >= 0.6 is 23.1 Å². The van der Waals surface area contributed by atoms with Crippen LogP contribution in [0, 0.1) is 0 Å². The lowest BCUT2D eigenvalue weighted by Crippen LogP contribution is -2.44. The Kier molecular flexibility index (Phi) is 6.64. The Labute approximate surface area is 150 Å².